The zero-order valence-corrected chi connectivity index (χ0v) is 11.7. The van der Waals surface area contributed by atoms with E-state index in [2.05, 4.69) is 20.3 Å². The molecule has 0 saturated heterocycles. The molecule has 0 atom stereocenters. The van der Waals surface area contributed by atoms with Crippen molar-refractivity contribution in [1.29, 1.82) is 0 Å². The minimum Gasteiger partial charge on any atom is -0.379 e. The molecule has 5 heteroatoms. The van der Waals surface area contributed by atoms with Gasteiger partial charge >= 0.3 is 0 Å². The van der Waals surface area contributed by atoms with Gasteiger partial charge in [0, 0.05) is 23.5 Å². The van der Waals surface area contributed by atoms with Gasteiger partial charge in [0.15, 0.2) is 0 Å². The van der Waals surface area contributed by atoms with Crippen molar-refractivity contribution >= 4 is 28.2 Å². The molecule has 0 aliphatic carbocycles. The lowest BCUT2D eigenvalue weighted by molar-refractivity contribution is 0.956. The number of pyridine rings is 1. The number of nitrogens with zero attached hydrogens (tertiary/aromatic N) is 3. The molecule has 3 rings (SSSR count). The molecule has 0 amide bonds. The van der Waals surface area contributed by atoms with Crippen LogP contribution < -0.4 is 5.32 Å². The molecule has 0 bridgehead atoms. The first-order valence-electron chi connectivity index (χ1n) is 6.29. The molecule has 0 aliphatic heterocycles. The van der Waals surface area contributed by atoms with Crippen molar-refractivity contribution in [3.63, 3.8) is 0 Å². The standard InChI is InChI=1S/C15H13ClN4/c1-10-17-8-6-11(20-10)9-19-14-5-4-13(16)15-12(14)3-2-7-18-15/h2-8,19H,9H2,1H3. The summed E-state index contributed by atoms with van der Waals surface area (Å²) in [6.07, 6.45) is 3.51. The van der Waals surface area contributed by atoms with Gasteiger partial charge in [0.05, 0.1) is 22.8 Å². The van der Waals surface area contributed by atoms with Crippen LogP contribution in [-0.4, -0.2) is 15.0 Å². The van der Waals surface area contributed by atoms with E-state index in [1.807, 2.05) is 37.3 Å². The summed E-state index contributed by atoms with van der Waals surface area (Å²) in [7, 11) is 0. The van der Waals surface area contributed by atoms with Crippen LogP contribution in [0.1, 0.15) is 11.5 Å². The highest BCUT2D eigenvalue weighted by Crippen LogP contribution is 2.28. The summed E-state index contributed by atoms with van der Waals surface area (Å²) >= 11 is 6.16. The Morgan fingerprint density at radius 3 is 2.85 bits per heavy atom. The highest BCUT2D eigenvalue weighted by Gasteiger charge is 2.05. The predicted octanol–water partition coefficient (Wildman–Crippen LogP) is 3.60. The van der Waals surface area contributed by atoms with E-state index in [0.717, 1.165) is 28.1 Å². The van der Waals surface area contributed by atoms with Crippen LogP contribution in [0.15, 0.2) is 42.7 Å². The SMILES string of the molecule is Cc1nccc(CNc2ccc(Cl)c3ncccc23)n1. The zero-order valence-electron chi connectivity index (χ0n) is 11.0. The largest absolute Gasteiger partial charge is 0.379 e. The Hall–Kier alpha value is -2.20. The molecule has 100 valence electrons. The molecule has 1 aromatic carbocycles. The van der Waals surface area contributed by atoms with Gasteiger partial charge in [-0.05, 0) is 37.3 Å². The fourth-order valence-electron chi connectivity index (χ4n) is 2.08. The highest BCUT2D eigenvalue weighted by molar-refractivity contribution is 6.35. The molecule has 2 aromatic heterocycles. The number of hydrogen-bond acceptors (Lipinski definition) is 4. The zero-order chi connectivity index (χ0) is 13.9. The van der Waals surface area contributed by atoms with Gasteiger partial charge in [0.2, 0.25) is 0 Å². The molecular formula is C15H13ClN4. The first kappa shape index (κ1) is 12.8. The number of rotatable bonds is 3. The molecule has 0 radical (unpaired) electrons. The van der Waals surface area contributed by atoms with Crippen LogP contribution in [0, 0.1) is 6.92 Å². The Bertz CT molecular complexity index is 758. The second-order valence-corrected chi connectivity index (χ2v) is 4.85. The van der Waals surface area contributed by atoms with Crippen LogP contribution in [0.5, 0.6) is 0 Å². The third-order valence-corrected chi connectivity index (χ3v) is 3.32. The van der Waals surface area contributed by atoms with Gasteiger partial charge in [-0.15, -0.1) is 0 Å². The smallest absolute Gasteiger partial charge is 0.125 e. The quantitative estimate of drug-likeness (QED) is 0.798. The molecule has 0 unspecified atom stereocenters. The minimum absolute atomic E-state index is 0.634. The van der Waals surface area contributed by atoms with Gasteiger partial charge in [0.25, 0.3) is 0 Å². The summed E-state index contributed by atoms with van der Waals surface area (Å²) in [4.78, 5) is 12.8. The summed E-state index contributed by atoms with van der Waals surface area (Å²) in [5.41, 5.74) is 2.75. The van der Waals surface area contributed by atoms with E-state index in [1.54, 1.807) is 12.4 Å². The van der Waals surface area contributed by atoms with Crippen LogP contribution in [0.25, 0.3) is 10.9 Å². The normalized spacial score (nSPS) is 10.7. The molecule has 0 aliphatic rings. The lowest BCUT2D eigenvalue weighted by Gasteiger charge is -2.10. The molecule has 0 saturated carbocycles. The molecule has 4 nitrogen and oxygen atoms in total. The Morgan fingerprint density at radius 2 is 2.00 bits per heavy atom. The predicted molar refractivity (Wildman–Crippen MR) is 80.8 cm³/mol. The van der Waals surface area contributed by atoms with Crippen LogP contribution in [0.2, 0.25) is 5.02 Å². The average molecular weight is 285 g/mol. The van der Waals surface area contributed by atoms with Gasteiger partial charge in [-0.2, -0.15) is 0 Å². The molecule has 2 heterocycles. The number of aryl methyl sites for hydroxylation is 1. The summed E-state index contributed by atoms with van der Waals surface area (Å²) in [5, 5.41) is 5.03. The van der Waals surface area contributed by atoms with Crippen molar-refractivity contribution < 1.29 is 0 Å². The Kier molecular flexibility index (Phi) is 3.48. The highest BCUT2D eigenvalue weighted by atomic mass is 35.5. The fourth-order valence-corrected chi connectivity index (χ4v) is 2.30. The second kappa shape index (κ2) is 5.43. The Morgan fingerprint density at radius 1 is 1.10 bits per heavy atom. The lowest BCUT2D eigenvalue weighted by Crippen LogP contribution is -2.03. The summed E-state index contributed by atoms with van der Waals surface area (Å²) < 4.78 is 0. The number of nitrogens with one attached hydrogen (secondary N) is 1. The van der Waals surface area contributed by atoms with Gasteiger partial charge in [-0.1, -0.05) is 11.6 Å². The Balaban J connectivity index is 1.90. The van der Waals surface area contributed by atoms with E-state index in [1.165, 1.54) is 0 Å². The van der Waals surface area contributed by atoms with E-state index in [4.69, 9.17) is 11.6 Å². The van der Waals surface area contributed by atoms with Crippen LogP contribution in [0.4, 0.5) is 5.69 Å². The average Bonchev–Trinajstić information content (AvgIpc) is 2.47. The number of benzene rings is 1. The maximum absolute atomic E-state index is 6.16. The number of fused-ring (bicyclic) bond motifs is 1. The number of halogens is 1. The Labute approximate surface area is 121 Å². The molecule has 20 heavy (non-hydrogen) atoms. The minimum atomic E-state index is 0.634. The van der Waals surface area contributed by atoms with Crippen molar-refractivity contribution in [3.8, 4) is 0 Å². The van der Waals surface area contributed by atoms with E-state index in [-0.39, 0.29) is 0 Å². The maximum atomic E-state index is 6.16. The van der Waals surface area contributed by atoms with E-state index in [0.29, 0.717) is 11.6 Å². The molecular weight excluding hydrogens is 272 g/mol. The number of anilines is 1. The van der Waals surface area contributed by atoms with Gasteiger partial charge in [0.1, 0.15) is 5.82 Å². The topological polar surface area (TPSA) is 50.7 Å². The van der Waals surface area contributed by atoms with Crippen LogP contribution >= 0.6 is 11.6 Å². The first-order valence-corrected chi connectivity index (χ1v) is 6.67. The fraction of sp³-hybridized carbons (Fsp3) is 0.133. The molecule has 0 fully saturated rings. The van der Waals surface area contributed by atoms with Crippen molar-refractivity contribution in [2.45, 2.75) is 13.5 Å². The third kappa shape index (κ3) is 2.56. The first-order chi connectivity index (χ1) is 9.74. The lowest BCUT2D eigenvalue weighted by atomic mass is 10.2. The number of hydrogen-bond donors (Lipinski definition) is 1. The van der Waals surface area contributed by atoms with Crippen LogP contribution in [-0.2, 0) is 6.54 Å². The second-order valence-electron chi connectivity index (χ2n) is 4.44. The van der Waals surface area contributed by atoms with Crippen LogP contribution in [0.3, 0.4) is 0 Å². The van der Waals surface area contributed by atoms with Crippen molar-refractivity contribution in [2.24, 2.45) is 0 Å². The molecule has 0 spiro atoms. The number of aromatic nitrogens is 3. The molecule has 3 aromatic rings. The monoisotopic (exact) mass is 284 g/mol. The van der Waals surface area contributed by atoms with E-state index in [9.17, 15) is 0 Å². The van der Waals surface area contributed by atoms with Gasteiger partial charge in [-0.25, -0.2) is 9.97 Å². The summed E-state index contributed by atoms with van der Waals surface area (Å²) in [6.45, 7) is 2.51. The van der Waals surface area contributed by atoms with Crippen molar-refractivity contribution in [2.75, 3.05) is 5.32 Å². The van der Waals surface area contributed by atoms with E-state index < -0.39 is 0 Å². The van der Waals surface area contributed by atoms with Crippen molar-refractivity contribution in [1.82, 2.24) is 15.0 Å². The summed E-state index contributed by atoms with van der Waals surface area (Å²) in [5.74, 6) is 0.770. The molecule has 1 N–H and O–H groups in total. The van der Waals surface area contributed by atoms with Gasteiger partial charge in [-0.3, -0.25) is 4.98 Å². The van der Waals surface area contributed by atoms with Crippen molar-refractivity contribution in [3.05, 3.63) is 59.3 Å². The van der Waals surface area contributed by atoms with Gasteiger partial charge < -0.3 is 5.32 Å². The summed E-state index contributed by atoms with van der Waals surface area (Å²) in [6, 6.07) is 9.61. The maximum Gasteiger partial charge on any atom is 0.125 e. The third-order valence-electron chi connectivity index (χ3n) is 3.01. The van der Waals surface area contributed by atoms with E-state index >= 15 is 0 Å².